The number of aliphatic hydroxyl groups excluding tert-OH is 1. The number of hydrogen-bond acceptors (Lipinski definition) is 5. The van der Waals surface area contributed by atoms with Gasteiger partial charge in [-0.1, -0.05) is 314 Å². The Bertz CT molecular complexity index is 1630. The molecule has 1 unspecified atom stereocenters. The number of esters is 2. The summed E-state index contributed by atoms with van der Waals surface area (Å²) in [6.07, 6.45) is 103. The van der Waals surface area contributed by atoms with Crippen LogP contribution in [0.5, 0.6) is 0 Å². The van der Waals surface area contributed by atoms with Gasteiger partial charge in [-0.15, -0.1) is 0 Å². The first-order valence-corrected chi connectivity index (χ1v) is 33.7. The molecule has 0 aliphatic rings. The summed E-state index contributed by atoms with van der Waals surface area (Å²) in [6.45, 7) is 4.00. The Balaban J connectivity index is 3.51. The van der Waals surface area contributed by atoms with E-state index < -0.39 is 6.10 Å². The summed E-state index contributed by atoms with van der Waals surface area (Å²) in [5.41, 5.74) is 0. The second kappa shape index (κ2) is 69.3. The van der Waals surface area contributed by atoms with Crippen molar-refractivity contribution >= 4 is 11.9 Å². The van der Waals surface area contributed by atoms with E-state index in [1.165, 1.54) is 180 Å². The predicted octanol–water partition coefficient (Wildman–Crippen LogP) is 23.5. The number of unbranched alkanes of at least 4 members (excludes halogenated alkanes) is 31. The second-order valence-electron chi connectivity index (χ2n) is 22.2. The average molecular weight is 1110 g/mol. The highest BCUT2D eigenvalue weighted by Crippen LogP contribution is 2.17. The Morgan fingerprint density at radius 2 is 0.537 bits per heavy atom. The van der Waals surface area contributed by atoms with Gasteiger partial charge in [0, 0.05) is 12.8 Å². The zero-order valence-electron chi connectivity index (χ0n) is 52.3. The molecule has 5 heteroatoms. The average Bonchev–Trinajstić information content (AvgIpc) is 3.46. The van der Waals surface area contributed by atoms with E-state index in [1.54, 1.807) is 0 Å². The normalized spacial score (nSPS) is 13.1. The maximum absolute atomic E-state index is 12.3. The third kappa shape index (κ3) is 66.6. The van der Waals surface area contributed by atoms with Crippen LogP contribution >= 0.6 is 0 Å². The summed E-state index contributed by atoms with van der Waals surface area (Å²) in [5, 5.41) is 9.68. The summed E-state index contributed by atoms with van der Waals surface area (Å²) >= 11 is 0. The topological polar surface area (TPSA) is 72.8 Å². The summed E-state index contributed by atoms with van der Waals surface area (Å²) < 4.78 is 10.7. The lowest BCUT2D eigenvalue weighted by Crippen LogP contribution is -2.28. The minimum Gasteiger partial charge on any atom is -0.462 e. The fourth-order valence-electron chi connectivity index (χ4n) is 9.40. The standard InChI is InChI=1S/C75H126O5/c1-3-5-7-9-11-13-15-17-19-21-23-25-27-29-31-32-33-34-35-36-37-38-39-40-41-42-44-45-47-49-51-53-55-57-59-61-63-65-67-69-74(77)79-72-73(71-76)80-75(78)70-68-66-64-62-60-58-56-54-52-50-48-46-43-30-28-26-24-22-20-18-16-14-12-10-8-6-4-2/h6,8,12,14-15,17-18,20-21,23-24,26-27,29-30,43,48,50,54,56,60,62,73,76H,3-5,7,9-11,13,16,19,22,25,28,31-42,44-47,49,51-53,55,57-59,61,63-72H2,1-2H3/b8-6-,14-12-,17-15-,20-18-,23-21-,26-24-,29-27-,43-30-,50-48-,56-54-,62-60-. The quantitative estimate of drug-likeness (QED) is 0.0373. The van der Waals surface area contributed by atoms with Gasteiger partial charge >= 0.3 is 11.9 Å². The molecule has 0 amide bonds. The van der Waals surface area contributed by atoms with Crippen LogP contribution in [0.15, 0.2) is 134 Å². The van der Waals surface area contributed by atoms with Crippen molar-refractivity contribution in [3.05, 3.63) is 134 Å². The van der Waals surface area contributed by atoms with Crippen molar-refractivity contribution in [2.24, 2.45) is 0 Å². The van der Waals surface area contributed by atoms with E-state index in [0.717, 1.165) is 103 Å². The predicted molar refractivity (Wildman–Crippen MR) is 352 cm³/mol. The Labute approximate surface area is 496 Å². The number of carbonyl (C=O) groups excluding carboxylic acids is 2. The Hall–Kier alpha value is -3.96. The van der Waals surface area contributed by atoms with Gasteiger partial charge in [0.2, 0.25) is 0 Å². The minimum absolute atomic E-state index is 0.0889. The van der Waals surface area contributed by atoms with Crippen LogP contribution in [0, 0.1) is 0 Å². The monoisotopic (exact) mass is 1110 g/mol. The number of rotatable bonds is 61. The van der Waals surface area contributed by atoms with Gasteiger partial charge in [0.25, 0.3) is 0 Å². The van der Waals surface area contributed by atoms with Crippen LogP contribution in [0.2, 0.25) is 0 Å². The molecule has 0 fully saturated rings. The third-order valence-corrected chi connectivity index (χ3v) is 14.4. The molecule has 0 aliphatic heterocycles. The number of hydrogen-bond donors (Lipinski definition) is 1. The van der Waals surface area contributed by atoms with Crippen molar-refractivity contribution in [2.75, 3.05) is 13.2 Å². The van der Waals surface area contributed by atoms with Gasteiger partial charge < -0.3 is 14.6 Å². The van der Waals surface area contributed by atoms with E-state index in [1.807, 2.05) is 0 Å². The molecule has 0 rings (SSSR count). The Morgan fingerprint density at radius 1 is 0.300 bits per heavy atom. The van der Waals surface area contributed by atoms with Gasteiger partial charge in [-0.25, -0.2) is 0 Å². The lowest BCUT2D eigenvalue weighted by molar-refractivity contribution is -0.161. The Kier molecular flexibility index (Phi) is 65.9. The number of aliphatic hydroxyl groups is 1. The third-order valence-electron chi connectivity index (χ3n) is 14.4. The molecule has 0 aromatic rings. The minimum atomic E-state index is -0.805. The maximum atomic E-state index is 12.3. The summed E-state index contributed by atoms with van der Waals surface area (Å²) in [5.74, 6) is -0.640. The molecule has 0 bridgehead atoms. The van der Waals surface area contributed by atoms with E-state index in [-0.39, 0.29) is 25.2 Å². The molecule has 0 heterocycles. The first-order chi connectivity index (χ1) is 39.6. The molecule has 0 spiro atoms. The van der Waals surface area contributed by atoms with Crippen molar-refractivity contribution in [1.82, 2.24) is 0 Å². The lowest BCUT2D eigenvalue weighted by Gasteiger charge is -2.15. The van der Waals surface area contributed by atoms with Crippen LogP contribution in [0.4, 0.5) is 0 Å². The fraction of sp³-hybridized carbons (Fsp3) is 0.680. The molecule has 1 N–H and O–H groups in total. The van der Waals surface area contributed by atoms with Crippen molar-refractivity contribution in [1.29, 1.82) is 0 Å². The van der Waals surface area contributed by atoms with Gasteiger partial charge in [-0.05, 0) is 116 Å². The van der Waals surface area contributed by atoms with Crippen molar-refractivity contribution in [2.45, 2.75) is 315 Å². The smallest absolute Gasteiger partial charge is 0.306 e. The van der Waals surface area contributed by atoms with Crippen molar-refractivity contribution in [3.63, 3.8) is 0 Å². The fourth-order valence-corrected chi connectivity index (χ4v) is 9.40. The van der Waals surface area contributed by atoms with E-state index in [2.05, 4.69) is 148 Å². The van der Waals surface area contributed by atoms with Crippen molar-refractivity contribution in [3.8, 4) is 0 Å². The SMILES string of the molecule is CC/C=C\C/C=C\C/C=C\C/C=C\C/C=C\C/C=C\C/C=C\C/C=C\CCCCC(=O)OC(CO)COC(=O)CCCCCCCCCCCCCCCCCCCCCCCCCC/C=C\C/C=C\C/C=C\CCCCCCC. The molecule has 0 radical (unpaired) electrons. The molecule has 0 aromatic carbocycles. The molecular weight excluding hydrogens is 981 g/mol. The lowest BCUT2D eigenvalue weighted by atomic mass is 10.0. The van der Waals surface area contributed by atoms with Crippen LogP contribution in [0.3, 0.4) is 0 Å². The highest BCUT2D eigenvalue weighted by molar-refractivity contribution is 5.70. The zero-order chi connectivity index (χ0) is 57.6. The van der Waals surface area contributed by atoms with Gasteiger partial charge in [-0.3, -0.25) is 9.59 Å². The molecule has 456 valence electrons. The molecule has 80 heavy (non-hydrogen) atoms. The van der Waals surface area contributed by atoms with Gasteiger partial charge in [-0.2, -0.15) is 0 Å². The zero-order valence-corrected chi connectivity index (χ0v) is 52.3. The van der Waals surface area contributed by atoms with Crippen LogP contribution in [-0.2, 0) is 19.1 Å². The highest BCUT2D eigenvalue weighted by atomic mass is 16.6. The van der Waals surface area contributed by atoms with Gasteiger partial charge in [0.1, 0.15) is 6.61 Å². The number of allylic oxidation sites excluding steroid dienone is 22. The van der Waals surface area contributed by atoms with Crippen LogP contribution in [0.1, 0.15) is 309 Å². The molecule has 0 saturated carbocycles. The van der Waals surface area contributed by atoms with Gasteiger partial charge in [0.15, 0.2) is 6.10 Å². The molecule has 1 atom stereocenters. The highest BCUT2D eigenvalue weighted by Gasteiger charge is 2.16. The second-order valence-corrected chi connectivity index (χ2v) is 22.2. The molecule has 5 nitrogen and oxygen atoms in total. The van der Waals surface area contributed by atoms with Crippen LogP contribution in [-0.4, -0.2) is 36.4 Å². The summed E-state index contributed by atoms with van der Waals surface area (Å²) in [4.78, 5) is 24.6. The number of ether oxygens (including phenoxy) is 2. The van der Waals surface area contributed by atoms with Gasteiger partial charge in [0.05, 0.1) is 6.61 Å². The largest absolute Gasteiger partial charge is 0.462 e. The van der Waals surface area contributed by atoms with E-state index in [9.17, 15) is 14.7 Å². The van der Waals surface area contributed by atoms with Crippen molar-refractivity contribution < 1.29 is 24.2 Å². The molecule has 0 aliphatic carbocycles. The van der Waals surface area contributed by atoms with E-state index >= 15 is 0 Å². The first-order valence-electron chi connectivity index (χ1n) is 33.7. The van der Waals surface area contributed by atoms with Crippen LogP contribution < -0.4 is 0 Å². The molecular formula is C75H126O5. The van der Waals surface area contributed by atoms with Crippen LogP contribution in [0.25, 0.3) is 0 Å². The maximum Gasteiger partial charge on any atom is 0.306 e. The van der Waals surface area contributed by atoms with E-state index in [4.69, 9.17) is 9.47 Å². The summed E-state index contributed by atoms with van der Waals surface area (Å²) in [7, 11) is 0. The molecule has 0 aromatic heterocycles. The molecule has 0 saturated heterocycles. The van der Waals surface area contributed by atoms with E-state index in [0.29, 0.717) is 12.8 Å². The summed E-state index contributed by atoms with van der Waals surface area (Å²) in [6, 6.07) is 0. The first kappa shape index (κ1) is 76.0. The number of carbonyl (C=O) groups is 2. The Morgan fingerprint density at radius 3 is 0.838 bits per heavy atom.